The number of oxime groups is 1. The zero-order chi connectivity index (χ0) is 18.4. The summed E-state index contributed by atoms with van der Waals surface area (Å²) in [5.74, 6) is -0.513. The molecule has 0 aliphatic carbocycles. The van der Waals surface area contributed by atoms with Gasteiger partial charge in [-0.15, -0.1) is 6.58 Å². The van der Waals surface area contributed by atoms with Gasteiger partial charge in [0.1, 0.15) is 18.7 Å². The van der Waals surface area contributed by atoms with Crippen LogP contribution in [0, 0.1) is 0 Å². The summed E-state index contributed by atoms with van der Waals surface area (Å²) in [5.41, 5.74) is 0.526. The molecule has 0 aromatic carbocycles. The summed E-state index contributed by atoms with van der Waals surface area (Å²) in [7, 11) is 0.633. The summed E-state index contributed by atoms with van der Waals surface area (Å²) in [5, 5.41) is 17.2. The van der Waals surface area contributed by atoms with Crippen molar-refractivity contribution < 1.29 is 29.0 Å². The van der Waals surface area contributed by atoms with E-state index in [0.717, 1.165) is 0 Å². The second kappa shape index (κ2) is 8.83. The van der Waals surface area contributed by atoms with Crippen molar-refractivity contribution in [3.63, 3.8) is 0 Å². The van der Waals surface area contributed by atoms with Crippen molar-refractivity contribution in [2.75, 3.05) is 33.4 Å². The average Bonchev–Trinajstić information content (AvgIpc) is 2.86. The van der Waals surface area contributed by atoms with E-state index in [-0.39, 0.29) is 26.2 Å². The molecule has 2 aliphatic heterocycles. The van der Waals surface area contributed by atoms with Crippen LogP contribution < -0.4 is 5.23 Å². The molecule has 10 nitrogen and oxygen atoms in total. The van der Waals surface area contributed by atoms with Crippen LogP contribution in [0.25, 0.3) is 0 Å². The number of ether oxygens (including phenoxy) is 1. The molecule has 25 heavy (non-hydrogen) atoms. The monoisotopic (exact) mass is 354 g/mol. The lowest BCUT2D eigenvalue weighted by atomic mass is 9.89. The number of hydrogen-bond acceptors (Lipinski definition) is 8. The van der Waals surface area contributed by atoms with Crippen LogP contribution in [0.15, 0.2) is 17.8 Å². The molecule has 2 heterocycles. The molecule has 0 aromatic heterocycles. The largest absolute Gasteiger partial charge is 0.467 e. The van der Waals surface area contributed by atoms with Crippen molar-refractivity contribution in [3.05, 3.63) is 12.7 Å². The molecule has 0 aromatic rings. The quantitative estimate of drug-likeness (QED) is 0.184. The van der Waals surface area contributed by atoms with Crippen LogP contribution in [-0.2, 0) is 19.2 Å². The third-order valence-corrected chi connectivity index (χ3v) is 3.87. The molecule has 0 spiro atoms. The molecule has 0 radical (unpaired) electrons. The number of carbonyl (C=O) groups is 2. The highest BCUT2D eigenvalue weighted by Crippen LogP contribution is 2.29. The molecular formula is C14H23BN4O6. The molecule has 138 valence electrons. The van der Waals surface area contributed by atoms with Crippen molar-refractivity contribution in [1.29, 1.82) is 0 Å². The molecule has 2 amide bonds. The van der Waals surface area contributed by atoms with Gasteiger partial charge in [-0.1, -0.05) is 11.2 Å². The van der Waals surface area contributed by atoms with Gasteiger partial charge in [0.2, 0.25) is 0 Å². The fourth-order valence-electron chi connectivity index (χ4n) is 2.71. The minimum atomic E-state index is -0.760. The normalized spacial score (nSPS) is 23.8. The van der Waals surface area contributed by atoms with Crippen LogP contribution >= 0.6 is 0 Å². The second-order valence-corrected chi connectivity index (χ2v) is 5.65. The molecule has 2 saturated heterocycles. The summed E-state index contributed by atoms with van der Waals surface area (Å²) < 4.78 is 4.78. The number of carbonyl (C=O) groups excluding carboxylic acids is 2. The standard InChI is InChI=1S/C14H23BN4O6/c1-4-6-25-19-12-9-18(14(19)21)11(13(20)23-3)8-10(12)17-24-7-5-16-15(2)22/h4,11-12,16,22H,1,5-9H2,2-3H3/t11-,12-/m0/s1. The Kier molecular flexibility index (Phi) is 6.79. The number of hydroxylamine groups is 2. The number of rotatable bonds is 9. The number of hydrogen-bond donors (Lipinski definition) is 2. The number of nitrogens with zero attached hydrogens (tertiary/aromatic N) is 3. The molecule has 11 heteroatoms. The van der Waals surface area contributed by atoms with Crippen LogP contribution in [-0.4, -0.2) is 85.2 Å². The third kappa shape index (κ3) is 4.50. The molecule has 2 bridgehead atoms. The summed E-state index contributed by atoms with van der Waals surface area (Å²) in [6, 6.07) is -1.61. The lowest BCUT2D eigenvalue weighted by Gasteiger charge is -2.29. The first-order valence-electron chi connectivity index (χ1n) is 8.01. The highest BCUT2D eigenvalue weighted by Gasteiger charge is 2.51. The van der Waals surface area contributed by atoms with Gasteiger partial charge in [0.05, 0.1) is 26.0 Å². The van der Waals surface area contributed by atoms with Crippen molar-refractivity contribution >= 4 is 24.8 Å². The summed E-state index contributed by atoms with van der Waals surface area (Å²) in [6.07, 6.45) is 1.73. The number of esters is 1. The van der Waals surface area contributed by atoms with Gasteiger partial charge in [-0.2, -0.15) is 5.06 Å². The predicted molar refractivity (Wildman–Crippen MR) is 89.5 cm³/mol. The smallest absolute Gasteiger partial charge is 0.373 e. The van der Waals surface area contributed by atoms with E-state index >= 15 is 0 Å². The summed E-state index contributed by atoms with van der Waals surface area (Å²) in [6.45, 7) is 6.22. The highest BCUT2D eigenvalue weighted by molar-refractivity contribution is 6.45. The number of amides is 2. The van der Waals surface area contributed by atoms with E-state index in [1.54, 1.807) is 6.82 Å². The second-order valence-electron chi connectivity index (χ2n) is 5.65. The topological polar surface area (TPSA) is 113 Å². The minimum absolute atomic E-state index is 0.158. The van der Waals surface area contributed by atoms with Crippen molar-refractivity contribution in [2.45, 2.75) is 25.3 Å². The van der Waals surface area contributed by atoms with E-state index in [2.05, 4.69) is 17.0 Å². The minimum Gasteiger partial charge on any atom is -0.467 e. The maximum atomic E-state index is 12.5. The van der Waals surface area contributed by atoms with Gasteiger partial charge in [-0.25, -0.2) is 9.59 Å². The maximum Gasteiger partial charge on any atom is 0.373 e. The van der Waals surface area contributed by atoms with Gasteiger partial charge in [0.15, 0.2) is 0 Å². The van der Waals surface area contributed by atoms with Gasteiger partial charge in [-0.3, -0.25) is 4.84 Å². The first-order chi connectivity index (χ1) is 12.0. The zero-order valence-corrected chi connectivity index (χ0v) is 14.4. The number of methoxy groups -OCH3 is 1. The Labute approximate surface area is 146 Å². The molecule has 2 atom stereocenters. The van der Waals surface area contributed by atoms with E-state index in [1.165, 1.54) is 23.1 Å². The molecule has 0 saturated carbocycles. The van der Waals surface area contributed by atoms with Crippen LogP contribution in [0.2, 0.25) is 6.82 Å². The van der Waals surface area contributed by atoms with E-state index < -0.39 is 31.1 Å². The third-order valence-electron chi connectivity index (χ3n) is 3.87. The van der Waals surface area contributed by atoms with Crippen molar-refractivity contribution in [2.24, 2.45) is 5.16 Å². The molecule has 2 N–H and O–H groups in total. The van der Waals surface area contributed by atoms with E-state index in [4.69, 9.17) is 19.4 Å². The van der Waals surface area contributed by atoms with Crippen LogP contribution in [0.3, 0.4) is 0 Å². The van der Waals surface area contributed by atoms with E-state index in [1.807, 2.05) is 0 Å². The van der Waals surface area contributed by atoms with Crippen molar-refractivity contribution in [3.8, 4) is 0 Å². The summed E-state index contributed by atoms with van der Waals surface area (Å²) in [4.78, 5) is 36.5. The molecule has 2 fully saturated rings. The van der Waals surface area contributed by atoms with Gasteiger partial charge >= 0.3 is 19.1 Å². The number of urea groups is 1. The molecular weight excluding hydrogens is 331 g/mol. The highest BCUT2D eigenvalue weighted by atomic mass is 16.7. The van der Waals surface area contributed by atoms with Crippen LogP contribution in [0.4, 0.5) is 4.79 Å². The van der Waals surface area contributed by atoms with Gasteiger partial charge in [-0.05, 0) is 6.82 Å². The fraction of sp³-hybridized carbons (Fsp3) is 0.643. The van der Waals surface area contributed by atoms with Gasteiger partial charge in [0, 0.05) is 13.0 Å². The Bertz CT molecular complexity index is 543. The Morgan fingerprint density at radius 3 is 3.00 bits per heavy atom. The first-order valence-corrected chi connectivity index (χ1v) is 8.01. The molecule has 0 unspecified atom stereocenters. The van der Waals surface area contributed by atoms with Crippen LogP contribution in [0.1, 0.15) is 6.42 Å². The molecule has 2 rings (SSSR count). The molecule has 2 aliphatic rings. The maximum absolute atomic E-state index is 12.5. The van der Waals surface area contributed by atoms with Crippen LogP contribution in [0.5, 0.6) is 0 Å². The number of fused-ring (bicyclic) bond motifs is 2. The Balaban J connectivity index is 2.09. The Hall–Kier alpha value is -2.11. The van der Waals surface area contributed by atoms with E-state index in [9.17, 15) is 9.59 Å². The zero-order valence-electron chi connectivity index (χ0n) is 14.4. The van der Waals surface area contributed by atoms with Gasteiger partial charge in [0.25, 0.3) is 0 Å². The fourth-order valence-corrected chi connectivity index (χ4v) is 2.71. The van der Waals surface area contributed by atoms with E-state index in [0.29, 0.717) is 12.3 Å². The Morgan fingerprint density at radius 1 is 1.60 bits per heavy atom. The lowest BCUT2D eigenvalue weighted by Crippen LogP contribution is -2.49. The predicted octanol–water partition coefficient (Wildman–Crippen LogP) is -0.772. The van der Waals surface area contributed by atoms with Crippen molar-refractivity contribution in [1.82, 2.24) is 15.2 Å². The average molecular weight is 354 g/mol. The lowest BCUT2D eigenvalue weighted by molar-refractivity contribution is -0.145. The first kappa shape index (κ1) is 19.2. The van der Waals surface area contributed by atoms with Gasteiger partial charge < -0.3 is 24.7 Å². The SMILES string of the molecule is C=CCON1C(=O)N2C[C@H]1C(=NOCCNB(C)O)C[C@H]2C(=O)OC. The summed E-state index contributed by atoms with van der Waals surface area (Å²) >= 11 is 0. The number of piperidine rings is 1. The number of nitrogens with one attached hydrogen (secondary N) is 1. The Morgan fingerprint density at radius 2 is 2.36 bits per heavy atom.